The van der Waals surface area contributed by atoms with Gasteiger partial charge in [0.05, 0.1) is 0 Å². The van der Waals surface area contributed by atoms with Crippen LogP contribution in [0.15, 0.2) is 42.5 Å². The molecule has 34 heavy (non-hydrogen) atoms. The predicted octanol–water partition coefficient (Wildman–Crippen LogP) is 3.42. The molecule has 1 N–H and O–H groups in total. The second-order valence-corrected chi connectivity index (χ2v) is 9.15. The van der Waals surface area contributed by atoms with Crippen molar-refractivity contribution in [2.45, 2.75) is 26.4 Å². The van der Waals surface area contributed by atoms with Crippen molar-refractivity contribution in [3.63, 3.8) is 0 Å². The summed E-state index contributed by atoms with van der Waals surface area (Å²) in [5, 5.41) is 7.27. The number of fused-ring (bicyclic) bond motifs is 1. The van der Waals surface area contributed by atoms with Gasteiger partial charge in [0.1, 0.15) is 13.2 Å². The van der Waals surface area contributed by atoms with Crippen LogP contribution in [0.3, 0.4) is 0 Å². The molecule has 0 aliphatic carbocycles. The van der Waals surface area contributed by atoms with Gasteiger partial charge >= 0.3 is 0 Å². The van der Waals surface area contributed by atoms with Crippen LogP contribution in [0.25, 0.3) is 11.4 Å². The molecule has 9 heteroatoms. The molecule has 3 heterocycles. The van der Waals surface area contributed by atoms with E-state index in [0.717, 1.165) is 61.2 Å². The molecule has 0 atom stereocenters. The van der Waals surface area contributed by atoms with Gasteiger partial charge in [0.25, 0.3) is 0 Å². The number of aromatic nitrogens is 3. The van der Waals surface area contributed by atoms with Gasteiger partial charge in [0.15, 0.2) is 22.1 Å². The first kappa shape index (κ1) is 22.6. The lowest BCUT2D eigenvalue weighted by atomic mass is 10.1. The van der Waals surface area contributed by atoms with E-state index in [1.54, 1.807) is 0 Å². The number of rotatable bonds is 6. The van der Waals surface area contributed by atoms with Crippen molar-refractivity contribution in [2.24, 2.45) is 0 Å². The number of aromatic amines is 1. The van der Waals surface area contributed by atoms with E-state index >= 15 is 0 Å². The summed E-state index contributed by atoms with van der Waals surface area (Å²) < 4.78 is 13.8. The highest BCUT2D eigenvalue weighted by atomic mass is 32.1. The topological polar surface area (TPSA) is 75.6 Å². The summed E-state index contributed by atoms with van der Waals surface area (Å²) in [6.07, 6.45) is 0.398. The first-order valence-corrected chi connectivity index (χ1v) is 12.1. The number of ether oxygens (including phenoxy) is 2. The van der Waals surface area contributed by atoms with Gasteiger partial charge in [0, 0.05) is 51.3 Å². The first-order chi connectivity index (χ1) is 16.6. The smallest absolute Gasteiger partial charge is 0.224 e. The third-order valence-corrected chi connectivity index (χ3v) is 6.63. The van der Waals surface area contributed by atoms with Crippen LogP contribution in [-0.4, -0.2) is 69.9 Å². The number of aryl methyl sites for hydroxylation is 1. The normalized spacial score (nSPS) is 16.0. The molecule has 0 spiro atoms. The van der Waals surface area contributed by atoms with E-state index in [9.17, 15) is 4.79 Å². The Labute approximate surface area is 204 Å². The minimum absolute atomic E-state index is 0.150. The number of hydrogen-bond donors (Lipinski definition) is 1. The Morgan fingerprint density at radius 2 is 1.85 bits per heavy atom. The minimum Gasteiger partial charge on any atom is -0.486 e. The summed E-state index contributed by atoms with van der Waals surface area (Å²) >= 11 is 5.43. The van der Waals surface area contributed by atoms with Crippen LogP contribution in [0.5, 0.6) is 11.5 Å². The van der Waals surface area contributed by atoms with Crippen molar-refractivity contribution in [1.29, 1.82) is 0 Å². The van der Waals surface area contributed by atoms with Crippen molar-refractivity contribution in [3.8, 4) is 22.9 Å². The molecule has 0 bridgehead atoms. The van der Waals surface area contributed by atoms with Crippen LogP contribution < -0.4 is 9.47 Å². The molecule has 2 aliphatic heterocycles. The van der Waals surface area contributed by atoms with E-state index in [1.165, 1.54) is 5.56 Å². The number of H-pyrrole nitrogens is 1. The fourth-order valence-corrected chi connectivity index (χ4v) is 4.72. The van der Waals surface area contributed by atoms with Crippen LogP contribution in [-0.2, 0) is 17.9 Å². The Morgan fingerprint density at radius 1 is 1.06 bits per heavy atom. The Kier molecular flexibility index (Phi) is 6.64. The van der Waals surface area contributed by atoms with Gasteiger partial charge in [0.2, 0.25) is 5.91 Å². The van der Waals surface area contributed by atoms with E-state index in [4.69, 9.17) is 21.7 Å². The highest BCUT2D eigenvalue weighted by molar-refractivity contribution is 7.71. The van der Waals surface area contributed by atoms with Crippen molar-refractivity contribution >= 4 is 18.1 Å². The third kappa shape index (κ3) is 5.00. The quantitative estimate of drug-likeness (QED) is 0.546. The van der Waals surface area contributed by atoms with Crippen molar-refractivity contribution in [1.82, 2.24) is 24.6 Å². The standard InChI is InChI=1S/C25H29N5O3S/c1-18-3-2-4-20(15-18)24-26-27-25(34)30(24)8-7-23(31)29-11-9-28(10-12-29)17-19-5-6-21-22(16-19)33-14-13-32-21/h2-6,15-16H,7-14,17H2,1H3,(H,27,34). The molecule has 178 valence electrons. The molecule has 1 aromatic heterocycles. The first-order valence-electron chi connectivity index (χ1n) is 11.7. The van der Waals surface area contributed by atoms with Crippen LogP contribution in [0.4, 0.5) is 0 Å². The van der Waals surface area contributed by atoms with Gasteiger partial charge in [-0.25, -0.2) is 0 Å². The lowest BCUT2D eigenvalue weighted by Gasteiger charge is -2.35. The largest absolute Gasteiger partial charge is 0.486 e. The number of benzene rings is 2. The molecular weight excluding hydrogens is 450 g/mol. The van der Waals surface area contributed by atoms with Gasteiger partial charge in [-0.2, -0.15) is 5.10 Å². The molecular formula is C25H29N5O3S. The zero-order valence-electron chi connectivity index (χ0n) is 19.3. The maximum atomic E-state index is 12.9. The third-order valence-electron chi connectivity index (χ3n) is 6.32. The lowest BCUT2D eigenvalue weighted by Crippen LogP contribution is -2.48. The molecule has 1 saturated heterocycles. The second kappa shape index (κ2) is 9.99. The lowest BCUT2D eigenvalue weighted by molar-refractivity contribution is -0.133. The van der Waals surface area contributed by atoms with E-state index in [1.807, 2.05) is 40.7 Å². The Balaban J connectivity index is 1.14. The molecule has 1 fully saturated rings. The molecule has 2 aliphatic rings. The Morgan fingerprint density at radius 3 is 2.65 bits per heavy atom. The second-order valence-electron chi connectivity index (χ2n) is 8.76. The Hall–Kier alpha value is -3.17. The summed E-state index contributed by atoms with van der Waals surface area (Å²) in [5.74, 6) is 2.55. The number of nitrogens with one attached hydrogen (secondary N) is 1. The number of carbonyl (C=O) groups is 1. The zero-order chi connectivity index (χ0) is 23.5. The summed E-state index contributed by atoms with van der Waals surface area (Å²) in [4.78, 5) is 17.3. The molecule has 0 unspecified atom stereocenters. The number of amides is 1. The molecule has 0 radical (unpaired) electrons. The highest BCUT2D eigenvalue weighted by Gasteiger charge is 2.22. The molecule has 3 aromatic rings. The van der Waals surface area contributed by atoms with E-state index in [2.05, 4.69) is 33.3 Å². The van der Waals surface area contributed by atoms with E-state index in [0.29, 0.717) is 31.0 Å². The van der Waals surface area contributed by atoms with Gasteiger partial charge < -0.3 is 14.4 Å². The summed E-state index contributed by atoms with van der Waals surface area (Å²) in [5.41, 5.74) is 3.35. The van der Waals surface area contributed by atoms with Gasteiger partial charge in [-0.15, -0.1) is 0 Å². The fraction of sp³-hybridized carbons (Fsp3) is 0.400. The molecule has 2 aromatic carbocycles. The molecule has 8 nitrogen and oxygen atoms in total. The van der Waals surface area contributed by atoms with Crippen molar-refractivity contribution in [2.75, 3.05) is 39.4 Å². The van der Waals surface area contributed by atoms with Gasteiger partial charge in [-0.05, 0) is 42.9 Å². The summed E-state index contributed by atoms with van der Waals surface area (Å²) in [6, 6.07) is 14.3. The minimum atomic E-state index is 0.150. The fourth-order valence-electron chi connectivity index (χ4n) is 4.49. The van der Waals surface area contributed by atoms with Crippen LogP contribution in [0, 0.1) is 11.7 Å². The van der Waals surface area contributed by atoms with Crippen LogP contribution >= 0.6 is 12.2 Å². The number of piperazine rings is 1. The van der Waals surface area contributed by atoms with E-state index < -0.39 is 0 Å². The maximum Gasteiger partial charge on any atom is 0.224 e. The number of carbonyl (C=O) groups excluding carboxylic acids is 1. The average Bonchev–Trinajstić information content (AvgIpc) is 3.23. The summed E-state index contributed by atoms with van der Waals surface area (Å²) in [6.45, 7) is 7.73. The average molecular weight is 480 g/mol. The SMILES string of the molecule is Cc1cccc(-c2n[nH]c(=S)n2CCC(=O)N2CCN(Cc3ccc4c(c3)OCCO4)CC2)c1. The molecule has 1 amide bonds. The Bertz CT molecular complexity index is 1230. The molecule has 0 saturated carbocycles. The molecule has 5 rings (SSSR count). The van der Waals surface area contributed by atoms with Crippen molar-refractivity contribution < 1.29 is 14.3 Å². The summed E-state index contributed by atoms with van der Waals surface area (Å²) in [7, 11) is 0. The number of hydrogen-bond acceptors (Lipinski definition) is 6. The predicted molar refractivity (Wildman–Crippen MR) is 131 cm³/mol. The zero-order valence-corrected chi connectivity index (χ0v) is 20.1. The number of nitrogens with zero attached hydrogens (tertiary/aromatic N) is 4. The maximum absolute atomic E-state index is 12.9. The van der Waals surface area contributed by atoms with Crippen molar-refractivity contribution in [3.05, 3.63) is 58.4 Å². The van der Waals surface area contributed by atoms with Crippen LogP contribution in [0.1, 0.15) is 17.5 Å². The monoisotopic (exact) mass is 479 g/mol. The van der Waals surface area contributed by atoms with Crippen LogP contribution in [0.2, 0.25) is 0 Å². The van der Waals surface area contributed by atoms with Gasteiger partial charge in [-0.3, -0.25) is 19.4 Å². The highest BCUT2D eigenvalue weighted by Crippen LogP contribution is 2.31. The van der Waals surface area contributed by atoms with Gasteiger partial charge in [-0.1, -0.05) is 29.8 Å². The van der Waals surface area contributed by atoms with E-state index in [-0.39, 0.29) is 5.91 Å².